The van der Waals surface area contributed by atoms with Crippen LogP contribution in [0.5, 0.6) is 5.75 Å². The Balaban J connectivity index is 2.00. The van der Waals surface area contributed by atoms with Crippen molar-refractivity contribution in [2.24, 2.45) is 0 Å². The average Bonchev–Trinajstić information content (AvgIpc) is 2.56. The quantitative estimate of drug-likeness (QED) is 0.715. The Morgan fingerprint density at radius 3 is 2.75 bits per heavy atom. The van der Waals surface area contributed by atoms with Gasteiger partial charge in [0.2, 0.25) is 0 Å². The van der Waals surface area contributed by atoms with Crippen molar-refractivity contribution < 1.29 is 14.6 Å². The molecule has 0 saturated heterocycles. The molecular formula is C17H13BrN2O4. The number of aliphatic carboxylic acids is 1. The van der Waals surface area contributed by atoms with Gasteiger partial charge in [-0.25, -0.2) is 9.78 Å². The van der Waals surface area contributed by atoms with Crippen LogP contribution in [-0.2, 0) is 4.79 Å². The molecule has 0 spiro atoms. The predicted octanol–water partition coefficient (Wildman–Crippen LogP) is 3.20. The number of fused-ring (bicyclic) bond motifs is 1. The van der Waals surface area contributed by atoms with E-state index in [2.05, 4.69) is 25.9 Å². The number of aromatic nitrogens is 2. The molecule has 1 heterocycles. The lowest BCUT2D eigenvalue weighted by Crippen LogP contribution is -2.23. The van der Waals surface area contributed by atoms with Crippen LogP contribution >= 0.6 is 15.9 Å². The summed E-state index contributed by atoms with van der Waals surface area (Å²) < 4.78 is 5.93. The maximum Gasteiger partial charge on any atom is 0.344 e. The van der Waals surface area contributed by atoms with E-state index >= 15 is 0 Å². The topological polar surface area (TPSA) is 92.3 Å². The predicted molar refractivity (Wildman–Crippen MR) is 93.2 cm³/mol. The summed E-state index contributed by atoms with van der Waals surface area (Å²) in [6, 6.07) is 12.1. The summed E-state index contributed by atoms with van der Waals surface area (Å²) in [6.07, 6.45) is -0.967. The normalized spacial score (nSPS) is 12.1. The van der Waals surface area contributed by atoms with Gasteiger partial charge in [-0.05, 0) is 53.2 Å². The maximum atomic E-state index is 12.1. The summed E-state index contributed by atoms with van der Waals surface area (Å²) in [5.74, 6) is -0.222. The maximum absolute atomic E-state index is 12.1. The summed E-state index contributed by atoms with van der Waals surface area (Å²) in [7, 11) is 0. The highest BCUT2D eigenvalue weighted by atomic mass is 79.9. The number of ether oxygens (including phenoxy) is 1. The van der Waals surface area contributed by atoms with E-state index in [9.17, 15) is 9.59 Å². The molecule has 0 aliphatic heterocycles. The minimum absolute atomic E-state index is 0.216. The van der Waals surface area contributed by atoms with E-state index in [1.807, 2.05) is 6.07 Å². The molecule has 3 rings (SSSR count). The Kier molecular flexibility index (Phi) is 4.35. The van der Waals surface area contributed by atoms with Crippen molar-refractivity contribution in [2.45, 2.75) is 13.0 Å². The van der Waals surface area contributed by atoms with Gasteiger partial charge in [0.05, 0.1) is 15.4 Å². The van der Waals surface area contributed by atoms with Crippen molar-refractivity contribution in [3.8, 4) is 17.1 Å². The Morgan fingerprint density at radius 2 is 2.04 bits per heavy atom. The van der Waals surface area contributed by atoms with Crippen LogP contribution in [0.25, 0.3) is 22.3 Å². The number of para-hydroxylation sites is 1. The van der Waals surface area contributed by atoms with Gasteiger partial charge in [0, 0.05) is 5.56 Å². The summed E-state index contributed by atoms with van der Waals surface area (Å²) in [5.41, 5.74) is 1.07. The number of hydrogen-bond donors (Lipinski definition) is 2. The molecule has 3 aromatic rings. The van der Waals surface area contributed by atoms with Crippen LogP contribution in [0.15, 0.2) is 51.7 Å². The zero-order valence-corrected chi connectivity index (χ0v) is 14.2. The molecule has 0 amide bonds. The highest BCUT2D eigenvalue weighted by Crippen LogP contribution is 2.30. The first-order valence-corrected chi connectivity index (χ1v) is 7.93. The lowest BCUT2D eigenvalue weighted by Gasteiger charge is -2.12. The standard InChI is InChI=1S/C17H13BrN2O4/c1-9(17(22)23)24-14-7-6-10(8-12(14)18)15-19-13-5-3-2-4-11(13)16(21)20-15/h2-9H,1H3,(H,22,23)(H,19,20,21). The number of halogens is 1. The minimum Gasteiger partial charge on any atom is -0.479 e. The summed E-state index contributed by atoms with van der Waals surface area (Å²) in [5, 5.41) is 9.43. The van der Waals surface area contributed by atoms with Crippen LogP contribution in [0.2, 0.25) is 0 Å². The van der Waals surface area contributed by atoms with Crippen molar-refractivity contribution in [1.82, 2.24) is 9.97 Å². The van der Waals surface area contributed by atoms with E-state index < -0.39 is 12.1 Å². The number of carboxylic acids is 1. The van der Waals surface area contributed by atoms with Gasteiger partial charge in [-0.1, -0.05) is 12.1 Å². The summed E-state index contributed by atoms with van der Waals surface area (Å²) >= 11 is 3.35. The van der Waals surface area contributed by atoms with E-state index in [1.165, 1.54) is 6.92 Å². The van der Waals surface area contributed by atoms with Gasteiger partial charge >= 0.3 is 5.97 Å². The van der Waals surface area contributed by atoms with Gasteiger partial charge in [0.25, 0.3) is 5.56 Å². The second kappa shape index (κ2) is 6.45. The van der Waals surface area contributed by atoms with Gasteiger partial charge in [-0.15, -0.1) is 0 Å². The second-order valence-electron chi connectivity index (χ2n) is 5.18. The second-order valence-corrected chi connectivity index (χ2v) is 6.03. The number of H-pyrrole nitrogens is 1. The Bertz CT molecular complexity index is 984. The highest BCUT2D eigenvalue weighted by molar-refractivity contribution is 9.10. The largest absolute Gasteiger partial charge is 0.479 e. The van der Waals surface area contributed by atoms with E-state index in [4.69, 9.17) is 9.84 Å². The molecule has 1 atom stereocenters. The summed E-state index contributed by atoms with van der Waals surface area (Å²) in [6.45, 7) is 1.45. The van der Waals surface area contributed by atoms with Gasteiger partial charge in [-0.2, -0.15) is 0 Å². The molecule has 0 radical (unpaired) electrons. The third kappa shape index (κ3) is 3.16. The zero-order valence-electron chi connectivity index (χ0n) is 12.6. The smallest absolute Gasteiger partial charge is 0.344 e. The molecule has 0 bridgehead atoms. The number of carboxylic acid groups (broad SMARTS) is 1. The third-order valence-electron chi connectivity index (χ3n) is 3.47. The minimum atomic E-state index is -1.05. The van der Waals surface area contributed by atoms with Gasteiger partial charge in [-0.3, -0.25) is 4.79 Å². The molecule has 0 saturated carbocycles. The van der Waals surface area contributed by atoms with Gasteiger partial charge < -0.3 is 14.8 Å². The van der Waals surface area contributed by atoms with Crippen LogP contribution < -0.4 is 10.3 Å². The fourth-order valence-electron chi connectivity index (χ4n) is 2.21. The number of rotatable bonds is 4. The fraction of sp³-hybridized carbons (Fsp3) is 0.118. The Morgan fingerprint density at radius 1 is 1.29 bits per heavy atom. The number of benzene rings is 2. The van der Waals surface area contributed by atoms with E-state index in [0.717, 1.165) is 0 Å². The van der Waals surface area contributed by atoms with E-state index in [1.54, 1.807) is 36.4 Å². The van der Waals surface area contributed by atoms with Crippen molar-refractivity contribution in [1.29, 1.82) is 0 Å². The molecule has 0 fully saturated rings. The first kappa shape index (κ1) is 16.2. The summed E-state index contributed by atoms with van der Waals surface area (Å²) in [4.78, 5) is 30.2. The molecule has 2 aromatic carbocycles. The van der Waals surface area contributed by atoms with Crippen molar-refractivity contribution >= 4 is 32.8 Å². The highest BCUT2D eigenvalue weighted by Gasteiger charge is 2.15. The van der Waals surface area contributed by atoms with Crippen LogP contribution in [0.3, 0.4) is 0 Å². The van der Waals surface area contributed by atoms with Gasteiger partial charge in [0.15, 0.2) is 6.10 Å². The molecule has 2 N–H and O–H groups in total. The van der Waals surface area contributed by atoms with Crippen LogP contribution in [0, 0.1) is 0 Å². The van der Waals surface area contributed by atoms with E-state index in [0.29, 0.717) is 32.5 Å². The average molecular weight is 389 g/mol. The molecule has 7 heteroatoms. The number of aromatic amines is 1. The third-order valence-corrected chi connectivity index (χ3v) is 4.09. The fourth-order valence-corrected chi connectivity index (χ4v) is 2.68. The SMILES string of the molecule is CC(Oc1ccc(-c2nc3ccccc3c(=O)[nH]2)cc1Br)C(=O)O. The molecule has 1 unspecified atom stereocenters. The number of nitrogens with zero attached hydrogens (tertiary/aromatic N) is 1. The number of carbonyl (C=O) groups is 1. The van der Waals surface area contributed by atoms with Gasteiger partial charge in [0.1, 0.15) is 11.6 Å². The van der Waals surface area contributed by atoms with Crippen LogP contribution in [0.1, 0.15) is 6.92 Å². The molecule has 122 valence electrons. The van der Waals surface area contributed by atoms with Crippen molar-refractivity contribution in [3.05, 3.63) is 57.3 Å². The molecule has 1 aromatic heterocycles. The Hall–Kier alpha value is -2.67. The molecule has 6 nitrogen and oxygen atoms in total. The van der Waals surface area contributed by atoms with Crippen molar-refractivity contribution in [3.63, 3.8) is 0 Å². The van der Waals surface area contributed by atoms with Crippen molar-refractivity contribution in [2.75, 3.05) is 0 Å². The monoisotopic (exact) mass is 388 g/mol. The first-order valence-electron chi connectivity index (χ1n) is 7.14. The van der Waals surface area contributed by atoms with Crippen LogP contribution in [-0.4, -0.2) is 27.1 Å². The number of nitrogens with one attached hydrogen (secondary N) is 1. The molecule has 0 aliphatic carbocycles. The lowest BCUT2D eigenvalue weighted by atomic mass is 10.2. The first-order chi connectivity index (χ1) is 11.5. The molecular weight excluding hydrogens is 376 g/mol. The lowest BCUT2D eigenvalue weighted by molar-refractivity contribution is -0.144. The zero-order chi connectivity index (χ0) is 17.3. The number of hydrogen-bond acceptors (Lipinski definition) is 4. The van der Waals surface area contributed by atoms with Crippen LogP contribution in [0.4, 0.5) is 0 Å². The molecule has 24 heavy (non-hydrogen) atoms. The van der Waals surface area contributed by atoms with E-state index in [-0.39, 0.29) is 5.56 Å². The Labute approximate surface area is 145 Å². The molecule has 0 aliphatic rings.